The quantitative estimate of drug-likeness (QED) is 0.678. The minimum Gasteiger partial charge on any atom is -0.396 e. The number of hydrogen-bond acceptors (Lipinski definition) is 2. The van der Waals surface area contributed by atoms with Crippen molar-refractivity contribution in [2.45, 2.75) is 25.8 Å². The van der Waals surface area contributed by atoms with Gasteiger partial charge in [0.15, 0.2) is 0 Å². The van der Waals surface area contributed by atoms with Gasteiger partial charge in [-0.05, 0) is 31.9 Å². The summed E-state index contributed by atoms with van der Waals surface area (Å²) >= 11 is 0. The Morgan fingerprint density at radius 1 is 1.21 bits per heavy atom. The topological polar surface area (TPSA) is 32.3 Å². The van der Waals surface area contributed by atoms with Crippen LogP contribution in [0.3, 0.4) is 0 Å². The summed E-state index contributed by atoms with van der Waals surface area (Å²) in [7, 11) is 0. The molecule has 78 valence electrons. The predicted molar refractivity (Wildman–Crippen MR) is 59.2 cm³/mol. The van der Waals surface area contributed by atoms with Gasteiger partial charge in [0.1, 0.15) is 0 Å². The van der Waals surface area contributed by atoms with Crippen LogP contribution in [0.2, 0.25) is 0 Å². The fourth-order valence-electron chi connectivity index (χ4n) is 1.41. The van der Waals surface area contributed by atoms with Crippen molar-refractivity contribution in [2.24, 2.45) is 0 Å². The summed E-state index contributed by atoms with van der Waals surface area (Å²) in [6.45, 7) is 3.42. The van der Waals surface area contributed by atoms with Gasteiger partial charge in [-0.15, -0.1) is 0 Å². The summed E-state index contributed by atoms with van der Waals surface area (Å²) in [5, 5.41) is 12.0. The van der Waals surface area contributed by atoms with Gasteiger partial charge in [-0.3, -0.25) is 0 Å². The van der Waals surface area contributed by atoms with Gasteiger partial charge in [0, 0.05) is 12.6 Å². The van der Waals surface area contributed by atoms with Crippen LogP contribution in [0.4, 0.5) is 0 Å². The third kappa shape index (κ3) is 3.90. The Morgan fingerprint density at radius 3 is 2.57 bits per heavy atom. The highest BCUT2D eigenvalue weighted by atomic mass is 16.2. The molecule has 0 radical (unpaired) electrons. The number of hydrogen-bond donors (Lipinski definition) is 2. The lowest BCUT2D eigenvalue weighted by Crippen LogP contribution is -2.19. The van der Waals surface area contributed by atoms with Gasteiger partial charge < -0.3 is 10.4 Å². The summed E-state index contributed by atoms with van der Waals surface area (Å²) in [6.07, 6.45) is 1.92. The van der Waals surface area contributed by atoms with Gasteiger partial charge in [-0.2, -0.15) is 0 Å². The highest BCUT2D eigenvalue weighted by Crippen LogP contribution is 2.10. The molecule has 0 aliphatic heterocycles. The molecule has 0 bridgehead atoms. The minimum absolute atomic E-state index is 0.293. The molecule has 2 nitrogen and oxygen atoms in total. The molecule has 2 N–H and O–H groups in total. The monoisotopic (exact) mass is 193 g/mol. The van der Waals surface area contributed by atoms with Crippen LogP contribution in [0, 0.1) is 0 Å². The van der Waals surface area contributed by atoms with Crippen molar-refractivity contribution in [1.82, 2.24) is 5.32 Å². The van der Waals surface area contributed by atoms with Crippen LogP contribution in [0.5, 0.6) is 0 Å². The Bertz CT molecular complexity index is 235. The molecule has 0 aromatic heterocycles. The summed E-state index contributed by atoms with van der Waals surface area (Å²) in [5.74, 6) is 0. The van der Waals surface area contributed by atoms with Crippen LogP contribution in [0.1, 0.15) is 31.4 Å². The van der Waals surface area contributed by atoms with Crippen molar-refractivity contribution < 1.29 is 5.11 Å². The fraction of sp³-hybridized carbons (Fsp3) is 0.500. The van der Waals surface area contributed by atoms with Crippen molar-refractivity contribution in [2.75, 3.05) is 13.2 Å². The van der Waals surface area contributed by atoms with Crippen LogP contribution in [-0.2, 0) is 0 Å². The van der Waals surface area contributed by atoms with E-state index in [1.807, 2.05) is 6.07 Å². The molecule has 1 rings (SSSR count). The Hall–Kier alpha value is -0.860. The van der Waals surface area contributed by atoms with Gasteiger partial charge in [-0.1, -0.05) is 30.3 Å². The lowest BCUT2D eigenvalue weighted by Gasteiger charge is -2.13. The van der Waals surface area contributed by atoms with Gasteiger partial charge in [0.2, 0.25) is 0 Å². The third-order valence-corrected chi connectivity index (χ3v) is 2.33. The molecular weight excluding hydrogens is 174 g/mol. The number of unbranched alkanes of at least 4 members (excludes halogenated alkanes) is 1. The average Bonchev–Trinajstić information content (AvgIpc) is 2.25. The first-order valence-electron chi connectivity index (χ1n) is 5.24. The van der Waals surface area contributed by atoms with E-state index in [-0.39, 0.29) is 0 Å². The van der Waals surface area contributed by atoms with Crippen molar-refractivity contribution in [3.63, 3.8) is 0 Å². The van der Waals surface area contributed by atoms with Gasteiger partial charge in [0.25, 0.3) is 0 Å². The molecule has 0 aliphatic carbocycles. The summed E-state index contributed by atoms with van der Waals surface area (Å²) in [5.41, 5.74) is 1.32. The van der Waals surface area contributed by atoms with Crippen molar-refractivity contribution >= 4 is 0 Å². The van der Waals surface area contributed by atoms with Crippen molar-refractivity contribution in [3.8, 4) is 0 Å². The Kier molecular flexibility index (Phi) is 5.27. The zero-order chi connectivity index (χ0) is 10.2. The van der Waals surface area contributed by atoms with Crippen LogP contribution < -0.4 is 5.32 Å². The third-order valence-electron chi connectivity index (χ3n) is 2.33. The lowest BCUT2D eigenvalue weighted by molar-refractivity contribution is 0.283. The van der Waals surface area contributed by atoms with E-state index in [0.29, 0.717) is 12.6 Å². The molecule has 14 heavy (non-hydrogen) atoms. The zero-order valence-electron chi connectivity index (χ0n) is 8.74. The Morgan fingerprint density at radius 2 is 1.93 bits per heavy atom. The number of aliphatic hydroxyl groups excluding tert-OH is 1. The largest absolute Gasteiger partial charge is 0.396 e. The molecule has 1 atom stereocenters. The molecule has 2 heteroatoms. The Labute approximate surface area is 86.0 Å². The summed E-state index contributed by atoms with van der Waals surface area (Å²) < 4.78 is 0. The normalized spacial score (nSPS) is 12.7. The highest BCUT2D eigenvalue weighted by Gasteiger charge is 2.01. The SMILES string of the molecule is C[C@@H](NCCCCO)c1ccccc1. The van der Waals surface area contributed by atoms with E-state index >= 15 is 0 Å². The van der Waals surface area contributed by atoms with E-state index in [4.69, 9.17) is 5.11 Å². The van der Waals surface area contributed by atoms with Crippen molar-refractivity contribution in [1.29, 1.82) is 0 Å². The maximum Gasteiger partial charge on any atom is 0.0431 e. The van der Waals surface area contributed by atoms with E-state index in [1.165, 1.54) is 5.56 Å². The standard InChI is InChI=1S/C12H19NO/c1-11(13-9-5-6-10-14)12-7-3-2-4-8-12/h2-4,7-8,11,13-14H,5-6,9-10H2,1H3/t11-/m1/s1. The maximum absolute atomic E-state index is 8.62. The zero-order valence-corrected chi connectivity index (χ0v) is 8.74. The fourth-order valence-corrected chi connectivity index (χ4v) is 1.41. The molecule has 0 fully saturated rings. The van der Waals surface area contributed by atoms with Gasteiger partial charge in [-0.25, -0.2) is 0 Å². The van der Waals surface area contributed by atoms with E-state index < -0.39 is 0 Å². The van der Waals surface area contributed by atoms with Crippen LogP contribution in [0.25, 0.3) is 0 Å². The second kappa shape index (κ2) is 6.57. The van der Waals surface area contributed by atoms with E-state index in [2.05, 4.69) is 36.5 Å². The Balaban J connectivity index is 2.25. The molecule has 0 saturated carbocycles. The van der Waals surface area contributed by atoms with Crippen LogP contribution in [-0.4, -0.2) is 18.3 Å². The van der Waals surface area contributed by atoms with E-state index in [0.717, 1.165) is 19.4 Å². The number of benzene rings is 1. The molecule has 0 amide bonds. The molecule has 0 spiro atoms. The maximum atomic E-state index is 8.62. The van der Waals surface area contributed by atoms with Crippen LogP contribution in [0.15, 0.2) is 30.3 Å². The number of aliphatic hydroxyl groups is 1. The van der Waals surface area contributed by atoms with Crippen LogP contribution >= 0.6 is 0 Å². The minimum atomic E-state index is 0.293. The first-order chi connectivity index (χ1) is 6.84. The summed E-state index contributed by atoms with van der Waals surface area (Å²) in [6, 6.07) is 10.8. The smallest absolute Gasteiger partial charge is 0.0431 e. The second-order valence-electron chi connectivity index (χ2n) is 3.52. The molecule has 0 saturated heterocycles. The highest BCUT2D eigenvalue weighted by molar-refractivity contribution is 5.17. The van der Waals surface area contributed by atoms with Gasteiger partial charge in [0.05, 0.1) is 0 Å². The molecule has 0 aliphatic rings. The predicted octanol–water partition coefficient (Wildman–Crippen LogP) is 2.11. The number of rotatable bonds is 6. The molecule has 1 aromatic carbocycles. The number of nitrogens with one attached hydrogen (secondary N) is 1. The van der Waals surface area contributed by atoms with Gasteiger partial charge >= 0.3 is 0 Å². The van der Waals surface area contributed by atoms with E-state index in [9.17, 15) is 0 Å². The molecule has 0 unspecified atom stereocenters. The molecular formula is C12H19NO. The van der Waals surface area contributed by atoms with E-state index in [1.54, 1.807) is 0 Å². The first kappa shape index (κ1) is 11.2. The molecule has 0 heterocycles. The lowest BCUT2D eigenvalue weighted by atomic mass is 10.1. The summed E-state index contributed by atoms with van der Waals surface area (Å²) in [4.78, 5) is 0. The molecule has 1 aromatic rings. The van der Waals surface area contributed by atoms with Crippen molar-refractivity contribution in [3.05, 3.63) is 35.9 Å². The first-order valence-corrected chi connectivity index (χ1v) is 5.24. The second-order valence-corrected chi connectivity index (χ2v) is 3.52. The average molecular weight is 193 g/mol.